The van der Waals surface area contributed by atoms with Gasteiger partial charge in [-0.15, -0.1) is 0 Å². The smallest absolute Gasteiger partial charge is 0.130 e. The van der Waals surface area contributed by atoms with Gasteiger partial charge in [0.15, 0.2) is 0 Å². The highest BCUT2D eigenvalue weighted by atomic mass is 16.1. The standard InChI is InChI=1S/C16H17N3O/c20-8-6-12-1-3-15(4-2-12)19-16-9-14-10-17-7-5-13(14)11-18-16/h1-4,8-9,11,17H,5-7,10H2,(H,18,19). The number of aldehydes is 1. The van der Waals surface area contributed by atoms with Gasteiger partial charge < -0.3 is 15.4 Å². The van der Waals surface area contributed by atoms with Crippen molar-refractivity contribution in [2.45, 2.75) is 19.4 Å². The molecule has 0 bridgehead atoms. The van der Waals surface area contributed by atoms with E-state index in [1.807, 2.05) is 30.5 Å². The Balaban J connectivity index is 1.75. The fraction of sp³-hybridized carbons (Fsp3) is 0.250. The van der Waals surface area contributed by atoms with Crippen LogP contribution in [0.3, 0.4) is 0 Å². The predicted octanol–water partition coefficient (Wildman–Crippen LogP) is 2.21. The van der Waals surface area contributed by atoms with E-state index in [0.717, 1.165) is 42.9 Å². The fourth-order valence-corrected chi connectivity index (χ4v) is 2.40. The average Bonchev–Trinajstić information content (AvgIpc) is 2.49. The fourth-order valence-electron chi connectivity index (χ4n) is 2.40. The number of fused-ring (bicyclic) bond motifs is 1. The Bertz CT molecular complexity index is 608. The van der Waals surface area contributed by atoms with Crippen LogP contribution in [0.5, 0.6) is 0 Å². The van der Waals surface area contributed by atoms with Crippen molar-refractivity contribution in [3.05, 3.63) is 53.2 Å². The lowest BCUT2D eigenvalue weighted by Crippen LogP contribution is -2.23. The van der Waals surface area contributed by atoms with Gasteiger partial charge in [-0.1, -0.05) is 12.1 Å². The van der Waals surface area contributed by atoms with Crippen LogP contribution in [-0.4, -0.2) is 17.8 Å². The first-order valence-corrected chi connectivity index (χ1v) is 6.83. The van der Waals surface area contributed by atoms with Crippen LogP contribution in [0.25, 0.3) is 0 Å². The van der Waals surface area contributed by atoms with E-state index >= 15 is 0 Å². The number of nitrogens with zero attached hydrogens (tertiary/aromatic N) is 1. The summed E-state index contributed by atoms with van der Waals surface area (Å²) in [5, 5.41) is 6.66. The SMILES string of the molecule is O=CCc1ccc(Nc2cc3c(cn2)CCNC3)cc1. The molecule has 0 unspecified atom stereocenters. The first kappa shape index (κ1) is 12.8. The topological polar surface area (TPSA) is 54.0 Å². The number of aromatic nitrogens is 1. The van der Waals surface area contributed by atoms with E-state index in [1.165, 1.54) is 11.1 Å². The summed E-state index contributed by atoms with van der Waals surface area (Å²) in [7, 11) is 0. The molecule has 0 fully saturated rings. The third-order valence-corrected chi connectivity index (χ3v) is 3.51. The average molecular weight is 267 g/mol. The maximum Gasteiger partial charge on any atom is 0.130 e. The predicted molar refractivity (Wildman–Crippen MR) is 79.1 cm³/mol. The van der Waals surface area contributed by atoms with Crippen molar-refractivity contribution < 1.29 is 4.79 Å². The minimum absolute atomic E-state index is 0.461. The Labute approximate surface area is 118 Å². The maximum atomic E-state index is 10.5. The zero-order chi connectivity index (χ0) is 13.8. The summed E-state index contributed by atoms with van der Waals surface area (Å²) in [4.78, 5) is 14.9. The molecule has 0 saturated carbocycles. The zero-order valence-electron chi connectivity index (χ0n) is 11.2. The van der Waals surface area contributed by atoms with Gasteiger partial charge in [0.25, 0.3) is 0 Å². The van der Waals surface area contributed by atoms with Crippen molar-refractivity contribution in [3.63, 3.8) is 0 Å². The molecular weight excluding hydrogens is 250 g/mol. The molecule has 20 heavy (non-hydrogen) atoms. The molecule has 2 aromatic rings. The van der Waals surface area contributed by atoms with Gasteiger partial charge in [0, 0.05) is 24.8 Å². The molecule has 1 aromatic heterocycles. The summed E-state index contributed by atoms with van der Waals surface area (Å²) >= 11 is 0. The van der Waals surface area contributed by atoms with E-state index < -0.39 is 0 Å². The third-order valence-electron chi connectivity index (χ3n) is 3.51. The number of anilines is 2. The van der Waals surface area contributed by atoms with Crippen LogP contribution in [0.2, 0.25) is 0 Å². The number of hydrogen-bond donors (Lipinski definition) is 2. The second-order valence-corrected chi connectivity index (χ2v) is 4.96. The molecule has 1 aliphatic rings. The molecule has 0 radical (unpaired) electrons. The molecule has 1 aliphatic heterocycles. The van der Waals surface area contributed by atoms with E-state index in [1.54, 1.807) is 0 Å². The minimum Gasteiger partial charge on any atom is -0.340 e. The lowest BCUT2D eigenvalue weighted by molar-refractivity contribution is -0.107. The van der Waals surface area contributed by atoms with E-state index in [4.69, 9.17) is 0 Å². The Kier molecular flexibility index (Phi) is 3.74. The number of benzene rings is 1. The monoisotopic (exact) mass is 267 g/mol. The normalized spacial score (nSPS) is 13.6. The van der Waals surface area contributed by atoms with Crippen molar-refractivity contribution >= 4 is 17.8 Å². The van der Waals surface area contributed by atoms with Gasteiger partial charge in [0.2, 0.25) is 0 Å². The number of nitrogens with one attached hydrogen (secondary N) is 2. The second kappa shape index (κ2) is 5.84. The van der Waals surface area contributed by atoms with Crippen molar-refractivity contribution in [1.29, 1.82) is 0 Å². The Hall–Kier alpha value is -2.20. The molecule has 2 heterocycles. The van der Waals surface area contributed by atoms with E-state index in [9.17, 15) is 4.79 Å². The van der Waals surface area contributed by atoms with Gasteiger partial charge in [-0.3, -0.25) is 0 Å². The maximum absolute atomic E-state index is 10.5. The van der Waals surface area contributed by atoms with Crippen LogP contribution in [0.4, 0.5) is 11.5 Å². The van der Waals surface area contributed by atoms with Gasteiger partial charge in [-0.2, -0.15) is 0 Å². The molecule has 4 nitrogen and oxygen atoms in total. The highest BCUT2D eigenvalue weighted by Gasteiger charge is 2.09. The molecule has 0 atom stereocenters. The van der Waals surface area contributed by atoms with Gasteiger partial charge in [0.1, 0.15) is 12.1 Å². The van der Waals surface area contributed by atoms with Crippen molar-refractivity contribution in [2.24, 2.45) is 0 Å². The summed E-state index contributed by atoms with van der Waals surface area (Å²) in [6.45, 7) is 1.93. The largest absolute Gasteiger partial charge is 0.340 e. The molecular formula is C16H17N3O. The summed E-state index contributed by atoms with van der Waals surface area (Å²) in [5.41, 5.74) is 4.64. The molecule has 0 spiro atoms. The lowest BCUT2D eigenvalue weighted by atomic mass is 10.0. The molecule has 0 amide bonds. The van der Waals surface area contributed by atoms with Gasteiger partial charge >= 0.3 is 0 Å². The number of carbonyl (C=O) groups excluding carboxylic acids is 1. The quantitative estimate of drug-likeness (QED) is 0.834. The zero-order valence-corrected chi connectivity index (χ0v) is 11.2. The van der Waals surface area contributed by atoms with Crippen LogP contribution >= 0.6 is 0 Å². The molecule has 4 heteroatoms. The minimum atomic E-state index is 0.461. The van der Waals surface area contributed by atoms with E-state index in [2.05, 4.69) is 21.7 Å². The summed E-state index contributed by atoms with van der Waals surface area (Å²) in [5.74, 6) is 0.857. The molecule has 1 aromatic carbocycles. The Morgan fingerprint density at radius 3 is 2.90 bits per heavy atom. The third kappa shape index (κ3) is 2.86. The molecule has 102 valence electrons. The molecule has 3 rings (SSSR count). The van der Waals surface area contributed by atoms with Crippen LogP contribution in [0, 0.1) is 0 Å². The summed E-state index contributed by atoms with van der Waals surface area (Å²) in [6.07, 6.45) is 4.38. The van der Waals surface area contributed by atoms with Crippen molar-refractivity contribution in [2.75, 3.05) is 11.9 Å². The first-order chi connectivity index (χ1) is 9.85. The Morgan fingerprint density at radius 1 is 1.25 bits per heavy atom. The van der Waals surface area contributed by atoms with Crippen LogP contribution in [0.1, 0.15) is 16.7 Å². The first-order valence-electron chi connectivity index (χ1n) is 6.83. The molecule has 2 N–H and O–H groups in total. The highest BCUT2D eigenvalue weighted by Crippen LogP contribution is 2.20. The van der Waals surface area contributed by atoms with Gasteiger partial charge in [-0.05, 0) is 47.9 Å². The van der Waals surface area contributed by atoms with Crippen LogP contribution < -0.4 is 10.6 Å². The van der Waals surface area contributed by atoms with Crippen LogP contribution in [0.15, 0.2) is 36.5 Å². The Morgan fingerprint density at radius 2 is 2.10 bits per heavy atom. The number of carbonyl (C=O) groups is 1. The van der Waals surface area contributed by atoms with Gasteiger partial charge in [0.05, 0.1) is 0 Å². The summed E-state index contributed by atoms with van der Waals surface area (Å²) in [6, 6.07) is 9.95. The van der Waals surface area contributed by atoms with Gasteiger partial charge in [-0.25, -0.2) is 4.98 Å². The number of pyridine rings is 1. The number of rotatable bonds is 4. The highest BCUT2D eigenvalue weighted by molar-refractivity contribution is 5.60. The second-order valence-electron chi connectivity index (χ2n) is 4.96. The summed E-state index contributed by atoms with van der Waals surface area (Å²) < 4.78 is 0. The van der Waals surface area contributed by atoms with Crippen molar-refractivity contribution in [1.82, 2.24) is 10.3 Å². The molecule has 0 saturated heterocycles. The number of hydrogen-bond acceptors (Lipinski definition) is 4. The lowest BCUT2D eigenvalue weighted by Gasteiger charge is -2.17. The van der Waals surface area contributed by atoms with E-state index in [0.29, 0.717) is 6.42 Å². The van der Waals surface area contributed by atoms with Crippen molar-refractivity contribution in [3.8, 4) is 0 Å². The van der Waals surface area contributed by atoms with E-state index in [-0.39, 0.29) is 0 Å². The van der Waals surface area contributed by atoms with Crippen LogP contribution in [-0.2, 0) is 24.2 Å². The molecule has 0 aliphatic carbocycles.